The van der Waals surface area contributed by atoms with Gasteiger partial charge >= 0.3 is 0 Å². The zero-order valence-corrected chi connectivity index (χ0v) is 18.2. The number of aromatic nitrogens is 4. The first-order valence-electron chi connectivity index (χ1n) is 9.02. The number of benzene rings is 2. The number of fused-ring (bicyclic) bond motifs is 1. The van der Waals surface area contributed by atoms with Crippen LogP contribution in [0.2, 0.25) is 5.02 Å². The molecule has 0 aliphatic rings. The largest absolute Gasteiger partial charge is 0.302 e. The Morgan fingerprint density at radius 1 is 1.21 bits per heavy atom. The number of halogens is 1. The summed E-state index contributed by atoms with van der Waals surface area (Å²) in [7, 11) is 0. The van der Waals surface area contributed by atoms with Crippen molar-refractivity contribution < 1.29 is 4.79 Å². The van der Waals surface area contributed by atoms with Crippen LogP contribution in [0.3, 0.4) is 0 Å². The van der Waals surface area contributed by atoms with Crippen molar-refractivity contribution >= 4 is 56.0 Å². The van der Waals surface area contributed by atoms with E-state index in [-0.39, 0.29) is 11.7 Å². The Hall–Kier alpha value is -2.42. The van der Waals surface area contributed by atoms with Crippen molar-refractivity contribution in [2.24, 2.45) is 0 Å². The van der Waals surface area contributed by atoms with Gasteiger partial charge in [-0.1, -0.05) is 40.8 Å². The quantitative estimate of drug-likeness (QED) is 0.411. The molecule has 2 aromatic heterocycles. The van der Waals surface area contributed by atoms with Gasteiger partial charge in [-0.05, 0) is 55.8 Å². The van der Waals surface area contributed by atoms with Gasteiger partial charge in [-0.2, -0.15) is 0 Å². The molecule has 4 aromatic rings. The standard InChI is InChI=1S/C20H18ClN5OS2/c1-3-26-18(13-5-7-14(21)8-6-13)24-25-20(26)28-11-17(27)23-19-22-15-9-4-12(2)10-16(15)29-19/h4-10H,3,11H2,1-2H3,(H,22,23,27). The number of carbonyl (C=O) groups excluding carboxylic acids is 1. The molecule has 0 atom stereocenters. The number of rotatable bonds is 6. The molecule has 2 heterocycles. The molecule has 1 amide bonds. The number of carbonyl (C=O) groups is 1. The lowest BCUT2D eigenvalue weighted by atomic mass is 10.2. The third-order valence-corrected chi connectivity index (χ3v) is 6.41. The van der Waals surface area contributed by atoms with E-state index in [1.54, 1.807) is 0 Å². The second-order valence-electron chi connectivity index (χ2n) is 6.38. The summed E-state index contributed by atoms with van der Waals surface area (Å²) in [6.45, 7) is 4.76. The molecule has 0 saturated heterocycles. The van der Waals surface area contributed by atoms with Gasteiger partial charge in [0.05, 0.1) is 16.0 Å². The third kappa shape index (κ3) is 4.44. The van der Waals surface area contributed by atoms with Gasteiger partial charge in [0.25, 0.3) is 0 Å². The number of hydrogen-bond donors (Lipinski definition) is 1. The number of hydrogen-bond acceptors (Lipinski definition) is 6. The van der Waals surface area contributed by atoms with E-state index in [1.165, 1.54) is 28.7 Å². The zero-order chi connectivity index (χ0) is 20.4. The lowest BCUT2D eigenvalue weighted by molar-refractivity contribution is -0.113. The molecule has 2 aromatic carbocycles. The number of thiazole rings is 1. The minimum Gasteiger partial charge on any atom is -0.302 e. The van der Waals surface area contributed by atoms with Crippen molar-refractivity contribution in [2.45, 2.75) is 25.5 Å². The molecule has 9 heteroatoms. The summed E-state index contributed by atoms with van der Waals surface area (Å²) in [6.07, 6.45) is 0. The van der Waals surface area contributed by atoms with Gasteiger partial charge < -0.3 is 9.88 Å². The van der Waals surface area contributed by atoms with Gasteiger partial charge in [0, 0.05) is 17.1 Å². The van der Waals surface area contributed by atoms with E-state index in [4.69, 9.17) is 11.6 Å². The maximum Gasteiger partial charge on any atom is 0.236 e. The van der Waals surface area contributed by atoms with Crippen molar-refractivity contribution in [1.82, 2.24) is 19.7 Å². The highest BCUT2D eigenvalue weighted by Gasteiger charge is 2.15. The van der Waals surface area contributed by atoms with Crippen LogP contribution in [0.1, 0.15) is 12.5 Å². The van der Waals surface area contributed by atoms with Crippen LogP contribution in [0.15, 0.2) is 47.6 Å². The fourth-order valence-corrected chi connectivity index (χ4v) is 4.77. The molecule has 0 radical (unpaired) electrons. The first kappa shape index (κ1) is 19.9. The Labute approximate surface area is 181 Å². The van der Waals surface area contributed by atoms with Gasteiger partial charge in [-0.3, -0.25) is 4.79 Å². The van der Waals surface area contributed by atoms with Crippen LogP contribution >= 0.6 is 34.7 Å². The molecule has 0 aliphatic carbocycles. The average molecular weight is 444 g/mol. The summed E-state index contributed by atoms with van der Waals surface area (Å²) in [5, 5.41) is 13.4. The molecule has 0 saturated carbocycles. The maximum absolute atomic E-state index is 12.4. The number of amides is 1. The van der Waals surface area contributed by atoms with Crippen molar-refractivity contribution in [3.8, 4) is 11.4 Å². The van der Waals surface area contributed by atoms with Crippen LogP contribution in [0, 0.1) is 6.92 Å². The van der Waals surface area contributed by atoms with E-state index in [0.29, 0.717) is 21.9 Å². The molecule has 0 bridgehead atoms. The predicted octanol–water partition coefficient (Wildman–Crippen LogP) is 5.27. The van der Waals surface area contributed by atoms with Crippen LogP contribution in [0.25, 0.3) is 21.6 Å². The number of anilines is 1. The Kier molecular flexibility index (Phi) is 5.84. The Morgan fingerprint density at radius 3 is 2.76 bits per heavy atom. The molecule has 4 rings (SSSR count). The minimum absolute atomic E-state index is 0.121. The second-order valence-corrected chi connectivity index (χ2v) is 8.79. The number of nitrogens with one attached hydrogen (secondary N) is 1. The Bertz CT molecular complexity index is 1170. The molecule has 1 N–H and O–H groups in total. The van der Waals surface area contributed by atoms with Crippen LogP contribution in [-0.2, 0) is 11.3 Å². The van der Waals surface area contributed by atoms with E-state index in [2.05, 4.69) is 26.6 Å². The number of nitrogens with zero attached hydrogens (tertiary/aromatic N) is 4. The van der Waals surface area contributed by atoms with Crippen LogP contribution in [0.4, 0.5) is 5.13 Å². The van der Waals surface area contributed by atoms with Crippen LogP contribution < -0.4 is 5.32 Å². The van der Waals surface area contributed by atoms with E-state index in [0.717, 1.165) is 21.6 Å². The average Bonchev–Trinajstić information content (AvgIpc) is 3.29. The summed E-state index contributed by atoms with van der Waals surface area (Å²) in [4.78, 5) is 16.9. The minimum atomic E-state index is -0.121. The highest BCUT2D eigenvalue weighted by Crippen LogP contribution is 2.28. The van der Waals surface area contributed by atoms with Gasteiger partial charge in [-0.25, -0.2) is 4.98 Å². The van der Waals surface area contributed by atoms with Crippen molar-refractivity contribution in [2.75, 3.05) is 11.1 Å². The molecule has 0 aliphatic heterocycles. The summed E-state index contributed by atoms with van der Waals surface area (Å²) in [6, 6.07) is 13.5. The first-order valence-corrected chi connectivity index (χ1v) is 11.2. The second kappa shape index (κ2) is 8.52. The molecular weight excluding hydrogens is 426 g/mol. The molecule has 0 fully saturated rings. The maximum atomic E-state index is 12.4. The van der Waals surface area contributed by atoms with E-state index in [1.807, 2.05) is 54.8 Å². The third-order valence-electron chi connectivity index (χ3n) is 4.26. The molecule has 0 spiro atoms. The van der Waals surface area contributed by atoms with Crippen LogP contribution in [0.5, 0.6) is 0 Å². The van der Waals surface area contributed by atoms with Crippen molar-refractivity contribution in [1.29, 1.82) is 0 Å². The van der Waals surface area contributed by atoms with Crippen molar-refractivity contribution in [3.05, 3.63) is 53.1 Å². The molecule has 148 valence electrons. The highest BCUT2D eigenvalue weighted by molar-refractivity contribution is 7.99. The van der Waals surface area contributed by atoms with E-state index in [9.17, 15) is 4.79 Å². The summed E-state index contributed by atoms with van der Waals surface area (Å²) >= 11 is 8.80. The normalized spacial score (nSPS) is 11.1. The smallest absolute Gasteiger partial charge is 0.236 e. The number of aryl methyl sites for hydroxylation is 1. The zero-order valence-electron chi connectivity index (χ0n) is 15.8. The van der Waals surface area contributed by atoms with Gasteiger partial charge in [0.15, 0.2) is 16.1 Å². The Morgan fingerprint density at radius 2 is 2.00 bits per heavy atom. The summed E-state index contributed by atoms with van der Waals surface area (Å²) in [5.74, 6) is 0.867. The van der Waals surface area contributed by atoms with Gasteiger partial charge in [0.1, 0.15) is 0 Å². The first-order chi connectivity index (χ1) is 14.0. The highest BCUT2D eigenvalue weighted by atomic mass is 35.5. The SMILES string of the molecule is CCn1c(SCC(=O)Nc2nc3ccc(C)cc3s2)nnc1-c1ccc(Cl)cc1. The summed E-state index contributed by atoms with van der Waals surface area (Å²) < 4.78 is 3.05. The van der Waals surface area contributed by atoms with Gasteiger partial charge in [-0.15, -0.1) is 10.2 Å². The lowest BCUT2D eigenvalue weighted by Gasteiger charge is -2.07. The fraction of sp³-hybridized carbons (Fsp3) is 0.200. The molecule has 29 heavy (non-hydrogen) atoms. The van der Waals surface area contributed by atoms with Crippen LogP contribution in [-0.4, -0.2) is 31.4 Å². The van der Waals surface area contributed by atoms with Crippen molar-refractivity contribution in [3.63, 3.8) is 0 Å². The topological polar surface area (TPSA) is 72.7 Å². The predicted molar refractivity (Wildman–Crippen MR) is 120 cm³/mol. The molecular formula is C20H18ClN5OS2. The van der Waals surface area contributed by atoms with Gasteiger partial charge in [0.2, 0.25) is 5.91 Å². The lowest BCUT2D eigenvalue weighted by Crippen LogP contribution is -2.14. The summed E-state index contributed by atoms with van der Waals surface area (Å²) in [5.41, 5.74) is 3.00. The number of thioether (sulfide) groups is 1. The Balaban J connectivity index is 1.44. The monoisotopic (exact) mass is 443 g/mol. The van der Waals surface area contributed by atoms with E-state index < -0.39 is 0 Å². The van der Waals surface area contributed by atoms with E-state index >= 15 is 0 Å². The fourth-order valence-electron chi connectivity index (χ4n) is 2.86. The molecule has 0 unspecified atom stereocenters. The molecule has 6 nitrogen and oxygen atoms in total.